The molecule has 0 unspecified atom stereocenters. The van der Waals surface area contributed by atoms with E-state index >= 15 is 0 Å². The minimum Gasteiger partial charge on any atom is -0.392 e. The van der Waals surface area contributed by atoms with Crippen LogP contribution in [0.1, 0.15) is 18.4 Å². The lowest BCUT2D eigenvalue weighted by Gasteiger charge is -2.10. The number of rotatable bonds is 8. The highest BCUT2D eigenvalue weighted by Gasteiger charge is 2.21. The summed E-state index contributed by atoms with van der Waals surface area (Å²) in [5.74, 6) is 0.669. The van der Waals surface area contributed by atoms with Gasteiger partial charge in [-0.25, -0.2) is 13.1 Å². The van der Waals surface area contributed by atoms with Gasteiger partial charge >= 0.3 is 0 Å². The van der Waals surface area contributed by atoms with Crippen molar-refractivity contribution >= 4 is 26.0 Å². The van der Waals surface area contributed by atoms with Crippen molar-refractivity contribution in [3.63, 3.8) is 0 Å². The van der Waals surface area contributed by atoms with Crippen molar-refractivity contribution in [3.8, 4) is 0 Å². The molecule has 0 aromatic heterocycles. The number of hydrogen-bond donors (Lipinski definition) is 2. The zero-order chi connectivity index (χ0) is 14.6. The number of benzene rings is 1. The summed E-state index contributed by atoms with van der Waals surface area (Å²) in [6.07, 6.45) is 2.43. The molecule has 1 fully saturated rings. The number of aliphatic hydroxyl groups is 1. The van der Waals surface area contributed by atoms with Crippen molar-refractivity contribution in [1.82, 2.24) is 4.72 Å². The second-order valence-corrected chi connectivity index (χ2v) is 7.43. The van der Waals surface area contributed by atoms with Crippen molar-refractivity contribution in [2.45, 2.75) is 24.3 Å². The highest BCUT2D eigenvalue weighted by atomic mass is 79.9. The van der Waals surface area contributed by atoms with Crippen LogP contribution in [0.2, 0.25) is 0 Å². The van der Waals surface area contributed by atoms with E-state index in [4.69, 9.17) is 9.84 Å². The van der Waals surface area contributed by atoms with Crippen LogP contribution in [0, 0.1) is 5.92 Å². The summed E-state index contributed by atoms with van der Waals surface area (Å²) in [5, 5.41) is 9.07. The Morgan fingerprint density at radius 1 is 1.40 bits per heavy atom. The number of aliphatic hydroxyl groups excluding tert-OH is 1. The van der Waals surface area contributed by atoms with E-state index in [-0.39, 0.29) is 18.0 Å². The third-order valence-corrected chi connectivity index (χ3v) is 5.51. The fourth-order valence-corrected chi connectivity index (χ4v) is 3.74. The lowest BCUT2D eigenvalue weighted by Crippen LogP contribution is -2.28. The van der Waals surface area contributed by atoms with Crippen LogP contribution in [-0.2, 0) is 21.4 Å². The van der Waals surface area contributed by atoms with Gasteiger partial charge in [0.25, 0.3) is 0 Å². The first-order valence-electron chi connectivity index (χ1n) is 6.49. The molecule has 1 aromatic rings. The topological polar surface area (TPSA) is 75.6 Å². The maximum absolute atomic E-state index is 12.2. The number of ether oxygens (including phenoxy) is 1. The van der Waals surface area contributed by atoms with Crippen molar-refractivity contribution in [2.75, 3.05) is 19.8 Å². The maximum Gasteiger partial charge on any atom is 0.241 e. The molecular formula is C13H18BrNO4S. The molecule has 1 aromatic carbocycles. The molecule has 2 rings (SSSR count). The monoisotopic (exact) mass is 363 g/mol. The SMILES string of the molecule is O=S(=O)(NCCOCC1CC1)c1cc(CO)ccc1Br. The normalized spacial score (nSPS) is 15.5. The summed E-state index contributed by atoms with van der Waals surface area (Å²) >= 11 is 3.21. The third kappa shape index (κ3) is 4.53. The van der Waals surface area contributed by atoms with Crippen molar-refractivity contribution in [2.24, 2.45) is 5.92 Å². The number of sulfonamides is 1. The number of hydrogen-bond acceptors (Lipinski definition) is 4. The molecular weight excluding hydrogens is 346 g/mol. The minimum absolute atomic E-state index is 0.131. The van der Waals surface area contributed by atoms with Crippen LogP contribution in [0.4, 0.5) is 0 Å². The molecule has 1 saturated carbocycles. The molecule has 2 N–H and O–H groups in total. The number of nitrogens with one attached hydrogen (secondary N) is 1. The van der Waals surface area contributed by atoms with Gasteiger partial charge in [0, 0.05) is 17.6 Å². The second kappa shape index (κ2) is 7.00. The standard InChI is InChI=1S/C13H18BrNO4S/c14-12-4-3-11(8-16)7-13(12)20(17,18)15-5-6-19-9-10-1-2-10/h3-4,7,10,15-16H,1-2,5-6,8-9H2. The highest BCUT2D eigenvalue weighted by Crippen LogP contribution is 2.28. The van der Waals surface area contributed by atoms with Crippen LogP contribution in [0.5, 0.6) is 0 Å². The molecule has 0 radical (unpaired) electrons. The van der Waals surface area contributed by atoms with Crippen LogP contribution in [-0.4, -0.2) is 33.3 Å². The first-order valence-corrected chi connectivity index (χ1v) is 8.77. The quantitative estimate of drug-likeness (QED) is 0.688. The minimum atomic E-state index is -3.60. The summed E-state index contributed by atoms with van der Waals surface area (Å²) in [5.41, 5.74) is 0.554. The van der Waals surface area contributed by atoms with E-state index in [1.807, 2.05) is 0 Å². The van der Waals surface area contributed by atoms with E-state index < -0.39 is 10.0 Å². The van der Waals surface area contributed by atoms with Gasteiger partial charge in [-0.15, -0.1) is 0 Å². The van der Waals surface area contributed by atoms with Gasteiger partial charge in [0.15, 0.2) is 0 Å². The Hall–Kier alpha value is -0.470. The van der Waals surface area contributed by atoms with Crippen molar-refractivity contribution in [1.29, 1.82) is 0 Å². The molecule has 7 heteroatoms. The lowest BCUT2D eigenvalue weighted by molar-refractivity contribution is 0.129. The van der Waals surface area contributed by atoms with Crippen molar-refractivity contribution in [3.05, 3.63) is 28.2 Å². The fraction of sp³-hybridized carbons (Fsp3) is 0.538. The van der Waals surface area contributed by atoms with E-state index in [1.165, 1.54) is 18.9 Å². The molecule has 1 aliphatic carbocycles. The lowest BCUT2D eigenvalue weighted by atomic mass is 10.2. The van der Waals surface area contributed by atoms with Crippen LogP contribution >= 0.6 is 15.9 Å². The Morgan fingerprint density at radius 3 is 2.80 bits per heavy atom. The summed E-state index contributed by atoms with van der Waals surface area (Å²) in [7, 11) is -3.60. The van der Waals surface area contributed by atoms with E-state index in [0.717, 1.165) is 0 Å². The number of halogens is 1. The average molecular weight is 364 g/mol. The Balaban J connectivity index is 1.91. The summed E-state index contributed by atoms with van der Waals surface area (Å²) in [6.45, 7) is 1.13. The van der Waals surface area contributed by atoms with Crippen LogP contribution < -0.4 is 4.72 Å². The van der Waals surface area contributed by atoms with Gasteiger partial charge in [-0.1, -0.05) is 6.07 Å². The molecule has 0 bridgehead atoms. The molecule has 5 nitrogen and oxygen atoms in total. The predicted octanol–water partition coefficient (Wildman–Crippen LogP) is 1.65. The Morgan fingerprint density at radius 2 is 2.15 bits per heavy atom. The van der Waals surface area contributed by atoms with Gasteiger partial charge in [-0.3, -0.25) is 0 Å². The maximum atomic E-state index is 12.2. The molecule has 0 heterocycles. The Kier molecular flexibility index (Phi) is 5.57. The molecule has 1 aliphatic rings. The van der Waals surface area contributed by atoms with E-state index in [2.05, 4.69) is 20.7 Å². The average Bonchev–Trinajstić information content (AvgIpc) is 3.23. The van der Waals surface area contributed by atoms with Crippen LogP contribution in [0.3, 0.4) is 0 Å². The molecule has 0 saturated heterocycles. The van der Waals surface area contributed by atoms with Gasteiger partial charge in [0.05, 0.1) is 18.1 Å². The first-order chi connectivity index (χ1) is 9.53. The van der Waals surface area contributed by atoms with Gasteiger partial charge in [-0.2, -0.15) is 0 Å². The fourth-order valence-electron chi connectivity index (χ4n) is 1.71. The summed E-state index contributed by atoms with van der Waals surface area (Å²) in [4.78, 5) is 0.131. The van der Waals surface area contributed by atoms with Gasteiger partial charge in [0.1, 0.15) is 0 Å². The Bertz CT molecular complexity index is 557. The second-order valence-electron chi connectivity index (χ2n) is 4.84. The largest absolute Gasteiger partial charge is 0.392 e. The smallest absolute Gasteiger partial charge is 0.241 e. The van der Waals surface area contributed by atoms with Crippen LogP contribution in [0.25, 0.3) is 0 Å². The Labute approximate surface area is 127 Å². The predicted molar refractivity (Wildman–Crippen MR) is 78.8 cm³/mol. The third-order valence-electron chi connectivity index (χ3n) is 3.06. The molecule has 112 valence electrons. The van der Waals surface area contributed by atoms with Gasteiger partial charge < -0.3 is 9.84 Å². The van der Waals surface area contributed by atoms with E-state index in [9.17, 15) is 8.42 Å². The van der Waals surface area contributed by atoms with Gasteiger partial charge in [0.2, 0.25) is 10.0 Å². The molecule has 0 aliphatic heterocycles. The van der Waals surface area contributed by atoms with Crippen molar-refractivity contribution < 1.29 is 18.3 Å². The van der Waals surface area contributed by atoms with E-state index in [1.54, 1.807) is 12.1 Å². The highest BCUT2D eigenvalue weighted by molar-refractivity contribution is 9.10. The van der Waals surface area contributed by atoms with Gasteiger partial charge in [-0.05, 0) is 52.4 Å². The van der Waals surface area contributed by atoms with E-state index in [0.29, 0.717) is 29.2 Å². The molecule has 20 heavy (non-hydrogen) atoms. The zero-order valence-electron chi connectivity index (χ0n) is 11.0. The molecule has 0 amide bonds. The zero-order valence-corrected chi connectivity index (χ0v) is 13.4. The van der Waals surface area contributed by atoms with Crippen LogP contribution in [0.15, 0.2) is 27.6 Å². The molecule has 0 atom stereocenters. The molecule has 0 spiro atoms. The summed E-state index contributed by atoms with van der Waals surface area (Å²) < 4.78 is 32.7. The first kappa shape index (κ1) is 15.9. The summed E-state index contributed by atoms with van der Waals surface area (Å²) in [6, 6.07) is 4.74.